The lowest BCUT2D eigenvalue weighted by molar-refractivity contribution is 0.0526. The summed E-state index contributed by atoms with van der Waals surface area (Å²) in [6, 6.07) is 20.4. The second kappa shape index (κ2) is 8.37. The lowest BCUT2D eigenvalue weighted by atomic mass is 10.1. The number of halogens is 1. The predicted molar refractivity (Wildman–Crippen MR) is 108 cm³/mol. The van der Waals surface area contributed by atoms with Gasteiger partial charge in [-0.05, 0) is 78.5 Å². The quantitative estimate of drug-likeness (QED) is 0.500. The van der Waals surface area contributed by atoms with Crippen LogP contribution >= 0.6 is 15.9 Å². The van der Waals surface area contributed by atoms with Crippen LogP contribution in [-0.2, 0) is 17.6 Å². The molecule has 0 aliphatic heterocycles. The molecular weight excluding hydrogens is 390 g/mol. The average molecular weight is 412 g/mol. The van der Waals surface area contributed by atoms with Gasteiger partial charge in [-0.25, -0.2) is 4.79 Å². The summed E-state index contributed by atoms with van der Waals surface area (Å²) in [5.74, 6) is -0.298. The van der Waals surface area contributed by atoms with Gasteiger partial charge in [0.15, 0.2) is 0 Å². The Hall–Kier alpha value is -2.33. The maximum atomic E-state index is 11.9. The molecule has 0 saturated heterocycles. The highest BCUT2D eigenvalue weighted by Crippen LogP contribution is 2.27. The number of benzene rings is 2. The zero-order valence-electron chi connectivity index (χ0n) is 15.0. The van der Waals surface area contributed by atoms with Crippen LogP contribution in [0.2, 0.25) is 0 Å². The lowest BCUT2D eigenvalue weighted by Gasteiger charge is -2.15. The van der Waals surface area contributed by atoms with Gasteiger partial charge >= 0.3 is 5.97 Å². The first-order valence-electron chi connectivity index (χ1n) is 8.78. The summed E-state index contributed by atoms with van der Waals surface area (Å²) in [5, 5.41) is 0. The molecule has 134 valence electrons. The largest absolute Gasteiger partial charge is 0.462 e. The van der Waals surface area contributed by atoms with Crippen LogP contribution in [0.15, 0.2) is 65.1 Å². The minimum atomic E-state index is -0.298. The van der Waals surface area contributed by atoms with E-state index in [0.29, 0.717) is 12.2 Å². The Balaban J connectivity index is 1.87. The van der Waals surface area contributed by atoms with Crippen molar-refractivity contribution in [2.75, 3.05) is 6.61 Å². The van der Waals surface area contributed by atoms with Crippen molar-refractivity contribution in [3.05, 3.63) is 87.7 Å². The molecule has 0 aliphatic carbocycles. The fourth-order valence-corrected chi connectivity index (χ4v) is 3.64. The zero-order valence-corrected chi connectivity index (χ0v) is 16.6. The van der Waals surface area contributed by atoms with Crippen LogP contribution < -0.4 is 0 Å². The molecule has 0 spiro atoms. The van der Waals surface area contributed by atoms with E-state index in [2.05, 4.69) is 63.8 Å². The van der Waals surface area contributed by atoms with Gasteiger partial charge in [-0.3, -0.25) is 0 Å². The Labute approximate surface area is 162 Å². The van der Waals surface area contributed by atoms with Crippen LogP contribution in [0.4, 0.5) is 0 Å². The molecule has 26 heavy (non-hydrogen) atoms. The molecule has 3 nitrogen and oxygen atoms in total. The molecule has 3 aromatic rings. The molecule has 0 saturated carbocycles. The zero-order chi connectivity index (χ0) is 18.5. The average Bonchev–Trinajstić information content (AvgIpc) is 3.01. The molecule has 0 bridgehead atoms. The Morgan fingerprint density at radius 3 is 2.50 bits per heavy atom. The molecule has 2 aromatic carbocycles. The standard InChI is InChI=1S/C22H22BrNO2/c1-3-26-22(25)18-11-14-21(20(23)15-18)24-16(2)9-12-19(24)13-10-17-7-5-4-6-8-17/h4-9,11-12,14-15H,3,10,13H2,1-2H3. The highest BCUT2D eigenvalue weighted by atomic mass is 79.9. The van der Waals surface area contributed by atoms with Crippen molar-refractivity contribution < 1.29 is 9.53 Å². The molecular formula is C22H22BrNO2. The Morgan fingerprint density at radius 2 is 1.81 bits per heavy atom. The number of ether oxygens (including phenoxy) is 1. The summed E-state index contributed by atoms with van der Waals surface area (Å²) in [4.78, 5) is 11.9. The third kappa shape index (κ3) is 4.07. The molecule has 0 atom stereocenters. The number of carbonyl (C=O) groups excluding carboxylic acids is 1. The van der Waals surface area contributed by atoms with Crippen LogP contribution in [0.5, 0.6) is 0 Å². The molecule has 0 N–H and O–H groups in total. The van der Waals surface area contributed by atoms with E-state index < -0.39 is 0 Å². The number of aromatic nitrogens is 1. The first kappa shape index (κ1) is 18.5. The molecule has 4 heteroatoms. The minimum absolute atomic E-state index is 0.298. The predicted octanol–water partition coefficient (Wildman–Crippen LogP) is 5.51. The summed E-state index contributed by atoms with van der Waals surface area (Å²) in [5.41, 5.74) is 5.32. The van der Waals surface area contributed by atoms with Crippen molar-refractivity contribution in [2.24, 2.45) is 0 Å². The van der Waals surface area contributed by atoms with Gasteiger partial charge in [-0.1, -0.05) is 30.3 Å². The summed E-state index contributed by atoms with van der Waals surface area (Å²) in [6.45, 7) is 4.28. The first-order chi connectivity index (χ1) is 12.6. The van der Waals surface area contributed by atoms with Crippen molar-refractivity contribution in [2.45, 2.75) is 26.7 Å². The number of esters is 1. The van der Waals surface area contributed by atoms with Crippen LogP contribution in [0, 0.1) is 6.92 Å². The molecule has 0 unspecified atom stereocenters. The van der Waals surface area contributed by atoms with Gasteiger partial charge in [0, 0.05) is 15.9 Å². The van der Waals surface area contributed by atoms with Gasteiger partial charge in [-0.2, -0.15) is 0 Å². The van der Waals surface area contributed by atoms with E-state index in [-0.39, 0.29) is 5.97 Å². The number of hydrogen-bond donors (Lipinski definition) is 0. The fourth-order valence-electron chi connectivity index (χ4n) is 3.08. The lowest BCUT2D eigenvalue weighted by Crippen LogP contribution is -2.07. The third-order valence-electron chi connectivity index (χ3n) is 4.37. The Bertz CT molecular complexity index is 900. The summed E-state index contributed by atoms with van der Waals surface area (Å²) >= 11 is 3.62. The van der Waals surface area contributed by atoms with Crippen molar-refractivity contribution >= 4 is 21.9 Å². The van der Waals surface area contributed by atoms with Crippen LogP contribution in [-0.4, -0.2) is 17.1 Å². The third-order valence-corrected chi connectivity index (χ3v) is 5.00. The molecule has 1 aromatic heterocycles. The van der Waals surface area contributed by atoms with Crippen molar-refractivity contribution in [1.82, 2.24) is 4.57 Å². The molecule has 0 aliphatic rings. The number of aryl methyl sites for hydroxylation is 3. The van der Waals surface area contributed by atoms with E-state index in [1.165, 1.54) is 11.3 Å². The topological polar surface area (TPSA) is 31.2 Å². The van der Waals surface area contributed by atoms with E-state index in [1.54, 1.807) is 0 Å². The highest BCUT2D eigenvalue weighted by molar-refractivity contribution is 9.10. The second-order valence-electron chi connectivity index (χ2n) is 6.17. The number of hydrogen-bond acceptors (Lipinski definition) is 2. The minimum Gasteiger partial charge on any atom is -0.462 e. The van der Waals surface area contributed by atoms with E-state index in [1.807, 2.05) is 31.2 Å². The number of rotatable bonds is 6. The highest BCUT2D eigenvalue weighted by Gasteiger charge is 2.14. The maximum absolute atomic E-state index is 11.9. The van der Waals surface area contributed by atoms with Crippen LogP contribution in [0.3, 0.4) is 0 Å². The molecule has 3 rings (SSSR count). The van der Waals surface area contributed by atoms with Gasteiger partial charge < -0.3 is 9.30 Å². The normalized spacial score (nSPS) is 10.7. The molecule has 0 fully saturated rings. The Morgan fingerprint density at radius 1 is 1.04 bits per heavy atom. The van der Waals surface area contributed by atoms with Crippen molar-refractivity contribution in [3.8, 4) is 5.69 Å². The molecule has 1 heterocycles. The van der Waals surface area contributed by atoms with Gasteiger partial charge in [0.05, 0.1) is 17.9 Å². The van der Waals surface area contributed by atoms with E-state index in [4.69, 9.17) is 4.74 Å². The van der Waals surface area contributed by atoms with Crippen LogP contribution in [0.25, 0.3) is 5.69 Å². The summed E-state index contributed by atoms with van der Waals surface area (Å²) in [6.07, 6.45) is 1.94. The monoisotopic (exact) mass is 411 g/mol. The van der Waals surface area contributed by atoms with Gasteiger partial charge in [0.2, 0.25) is 0 Å². The van der Waals surface area contributed by atoms with Gasteiger partial charge in [0.25, 0.3) is 0 Å². The van der Waals surface area contributed by atoms with Gasteiger partial charge in [-0.15, -0.1) is 0 Å². The summed E-state index contributed by atoms with van der Waals surface area (Å²) < 4.78 is 8.20. The first-order valence-corrected chi connectivity index (χ1v) is 9.57. The summed E-state index contributed by atoms with van der Waals surface area (Å²) in [7, 11) is 0. The smallest absolute Gasteiger partial charge is 0.338 e. The van der Waals surface area contributed by atoms with E-state index in [9.17, 15) is 4.79 Å². The van der Waals surface area contributed by atoms with E-state index in [0.717, 1.165) is 28.7 Å². The number of carbonyl (C=O) groups is 1. The fraction of sp³-hybridized carbons (Fsp3) is 0.227. The SMILES string of the molecule is CCOC(=O)c1ccc(-n2c(C)ccc2CCc2ccccc2)c(Br)c1. The van der Waals surface area contributed by atoms with Crippen molar-refractivity contribution in [3.63, 3.8) is 0 Å². The van der Waals surface area contributed by atoms with E-state index >= 15 is 0 Å². The van der Waals surface area contributed by atoms with Crippen LogP contribution in [0.1, 0.15) is 34.2 Å². The second-order valence-corrected chi connectivity index (χ2v) is 7.03. The molecule has 0 amide bonds. The molecule has 0 radical (unpaired) electrons. The maximum Gasteiger partial charge on any atom is 0.338 e. The number of nitrogens with zero attached hydrogens (tertiary/aromatic N) is 1. The van der Waals surface area contributed by atoms with Crippen molar-refractivity contribution in [1.29, 1.82) is 0 Å². The Kier molecular flexibility index (Phi) is 5.94. The van der Waals surface area contributed by atoms with Gasteiger partial charge in [0.1, 0.15) is 0 Å².